The van der Waals surface area contributed by atoms with Crippen molar-refractivity contribution in [3.05, 3.63) is 60.2 Å². The third-order valence-electron chi connectivity index (χ3n) is 3.66. The molecule has 0 saturated carbocycles. The number of nitrogens with one attached hydrogen (secondary N) is 1. The summed E-state index contributed by atoms with van der Waals surface area (Å²) in [5.74, 6) is 0.314. The molecule has 1 amide bonds. The first kappa shape index (κ1) is 16.6. The maximum absolute atomic E-state index is 12.2. The Bertz CT molecular complexity index is 858. The van der Waals surface area contributed by atoms with Crippen molar-refractivity contribution >= 4 is 5.91 Å². The Balaban J connectivity index is 1.65. The lowest BCUT2D eigenvalue weighted by atomic mass is 10.1. The van der Waals surface area contributed by atoms with E-state index in [9.17, 15) is 4.79 Å². The minimum absolute atomic E-state index is 0.193. The van der Waals surface area contributed by atoms with Gasteiger partial charge in [-0.15, -0.1) is 0 Å². The SMILES string of the molecule is CCOc1ccc(C(=O)NCc2cncc(-c3ccnn3C)c2)cn1. The van der Waals surface area contributed by atoms with E-state index in [0.717, 1.165) is 16.8 Å². The van der Waals surface area contributed by atoms with E-state index in [0.29, 0.717) is 24.6 Å². The van der Waals surface area contributed by atoms with Crippen LogP contribution in [0, 0.1) is 0 Å². The number of rotatable bonds is 6. The molecule has 25 heavy (non-hydrogen) atoms. The van der Waals surface area contributed by atoms with Gasteiger partial charge in [-0.3, -0.25) is 14.5 Å². The molecule has 0 saturated heterocycles. The van der Waals surface area contributed by atoms with E-state index in [4.69, 9.17) is 4.74 Å². The Morgan fingerprint density at radius 3 is 2.80 bits per heavy atom. The van der Waals surface area contributed by atoms with E-state index in [1.54, 1.807) is 35.4 Å². The standard InChI is InChI=1S/C18H19N5O2/c1-3-25-17-5-4-14(12-20-17)18(24)21-10-13-8-15(11-19-9-13)16-6-7-22-23(16)2/h4-9,11-12H,3,10H2,1-2H3,(H,21,24). The van der Waals surface area contributed by atoms with Crippen molar-refractivity contribution in [3.63, 3.8) is 0 Å². The number of pyridine rings is 2. The van der Waals surface area contributed by atoms with Crippen LogP contribution < -0.4 is 10.1 Å². The molecule has 0 aliphatic heterocycles. The van der Waals surface area contributed by atoms with Crippen molar-refractivity contribution in [1.82, 2.24) is 25.1 Å². The predicted octanol–water partition coefficient (Wildman–Crippen LogP) is 2.21. The van der Waals surface area contributed by atoms with Crippen LogP contribution in [0.5, 0.6) is 5.88 Å². The first-order valence-corrected chi connectivity index (χ1v) is 7.96. The minimum atomic E-state index is -0.193. The molecule has 0 bridgehead atoms. The normalized spacial score (nSPS) is 10.5. The molecule has 3 aromatic rings. The average molecular weight is 337 g/mol. The Kier molecular flexibility index (Phi) is 5.03. The van der Waals surface area contributed by atoms with Crippen molar-refractivity contribution in [3.8, 4) is 17.1 Å². The molecule has 3 aromatic heterocycles. The molecule has 0 aromatic carbocycles. The molecule has 0 spiro atoms. The van der Waals surface area contributed by atoms with E-state index in [1.807, 2.05) is 26.1 Å². The van der Waals surface area contributed by atoms with E-state index >= 15 is 0 Å². The maximum atomic E-state index is 12.2. The largest absolute Gasteiger partial charge is 0.478 e. The fraction of sp³-hybridized carbons (Fsp3) is 0.222. The van der Waals surface area contributed by atoms with Crippen LogP contribution in [-0.2, 0) is 13.6 Å². The molecule has 0 radical (unpaired) electrons. The van der Waals surface area contributed by atoms with Gasteiger partial charge in [-0.05, 0) is 30.7 Å². The highest BCUT2D eigenvalue weighted by atomic mass is 16.5. The Morgan fingerprint density at radius 2 is 2.12 bits per heavy atom. The highest BCUT2D eigenvalue weighted by molar-refractivity contribution is 5.93. The van der Waals surface area contributed by atoms with Crippen LogP contribution in [0.2, 0.25) is 0 Å². The summed E-state index contributed by atoms with van der Waals surface area (Å²) in [5, 5.41) is 7.03. The number of carbonyl (C=O) groups excluding carboxylic acids is 1. The zero-order valence-electron chi connectivity index (χ0n) is 14.1. The highest BCUT2D eigenvalue weighted by Crippen LogP contribution is 2.18. The third-order valence-corrected chi connectivity index (χ3v) is 3.66. The number of nitrogens with zero attached hydrogens (tertiary/aromatic N) is 4. The first-order chi connectivity index (χ1) is 12.2. The fourth-order valence-corrected chi connectivity index (χ4v) is 2.41. The molecule has 0 atom stereocenters. The Morgan fingerprint density at radius 1 is 1.24 bits per heavy atom. The van der Waals surface area contributed by atoms with Crippen LogP contribution in [0.1, 0.15) is 22.8 Å². The summed E-state index contributed by atoms with van der Waals surface area (Å²) < 4.78 is 7.05. The van der Waals surface area contributed by atoms with Gasteiger partial charge in [0, 0.05) is 50.0 Å². The summed E-state index contributed by atoms with van der Waals surface area (Å²) in [6.07, 6.45) is 6.75. The second kappa shape index (κ2) is 7.57. The topological polar surface area (TPSA) is 81.9 Å². The van der Waals surface area contributed by atoms with Gasteiger partial charge in [-0.1, -0.05) is 0 Å². The Hall–Kier alpha value is -3.22. The minimum Gasteiger partial charge on any atom is -0.478 e. The van der Waals surface area contributed by atoms with E-state index in [-0.39, 0.29) is 5.91 Å². The highest BCUT2D eigenvalue weighted by Gasteiger charge is 2.08. The number of aryl methyl sites for hydroxylation is 1. The van der Waals surface area contributed by atoms with Crippen LogP contribution in [0.4, 0.5) is 0 Å². The molecule has 0 fully saturated rings. The molecule has 0 aliphatic carbocycles. The molecular formula is C18H19N5O2. The molecule has 0 unspecified atom stereocenters. The van der Waals surface area contributed by atoms with E-state index < -0.39 is 0 Å². The van der Waals surface area contributed by atoms with Gasteiger partial charge in [0.05, 0.1) is 17.9 Å². The van der Waals surface area contributed by atoms with Crippen molar-refractivity contribution in [2.24, 2.45) is 7.05 Å². The quantitative estimate of drug-likeness (QED) is 0.746. The molecule has 1 N–H and O–H groups in total. The van der Waals surface area contributed by atoms with Gasteiger partial charge in [0.2, 0.25) is 5.88 Å². The lowest BCUT2D eigenvalue weighted by Gasteiger charge is -2.08. The van der Waals surface area contributed by atoms with Crippen molar-refractivity contribution in [2.45, 2.75) is 13.5 Å². The molecule has 7 heteroatoms. The van der Waals surface area contributed by atoms with Crippen LogP contribution in [-0.4, -0.2) is 32.3 Å². The summed E-state index contributed by atoms with van der Waals surface area (Å²) in [4.78, 5) is 20.6. The summed E-state index contributed by atoms with van der Waals surface area (Å²) >= 11 is 0. The predicted molar refractivity (Wildman–Crippen MR) is 93.0 cm³/mol. The van der Waals surface area contributed by atoms with Gasteiger partial charge in [-0.2, -0.15) is 5.10 Å². The van der Waals surface area contributed by atoms with Gasteiger partial charge in [0.1, 0.15) is 0 Å². The number of hydrogen-bond acceptors (Lipinski definition) is 5. The number of aromatic nitrogens is 4. The summed E-state index contributed by atoms with van der Waals surface area (Å²) in [6, 6.07) is 7.28. The third kappa shape index (κ3) is 4.00. The first-order valence-electron chi connectivity index (χ1n) is 7.96. The number of hydrogen-bond donors (Lipinski definition) is 1. The van der Waals surface area contributed by atoms with Gasteiger partial charge in [0.15, 0.2) is 0 Å². The fourth-order valence-electron chi connectivity index (χ4n) is 2.41. The van der Waals surface area contributed by atoms with Crippen molar-refractivity contribution in [1.29, 1.82) is 0 Å². The molecule has 7 nitrogen and oxygen atoms in total. The average Bonchev–Trinajstić information content (AvgIpc) is 3.07. The van der Waals surface area contributed by atoms with Gasteiger partial charge in [-0.25, -0.2) is 4.98 Å². The number of ether oxygens (including phenoxy) is 1. The second-order valence-corrected chi connectivity index (χ2v) is 5.42. The monoisotopic (exact) mass is 337 g/mol. The van der Waals surface area contributed by atoms with Crippen molar-refractivity contribution in [2.75, 3.05) is 6.61 Å². The molecule has 3 heterocycles. The van der Waals surface area contributed by atoms with Gasteiger partial charge in [0.25, 0.3) is 5.91 Å². The number of amides is 1. The molecular weight excluding hydrogens is 318 g/mol. The van der Waals surface area contributed by atoms with Gasteiger partial charge >= 0.3 is 0 Å². The summed E-state index contributed by atoms with van der Waals surface area (Å²) in [5.41, 5.74) is 3.32. The second-order valence-electron chi connectivity index (χ2n) is 5.42. The lowest BCUT2D eigenvalue weighted by Crippen LogP contribution is -2.23. The zero-order chi connectivity index (χ0) is 17.6. The van der Waals surface area contributed by atoms with Gasteiger partial charge < -0.3 is 10.1 Å². The molecule has 128 valence electrons. The maximum Gasteiger partial charge on any atom is 0.253 e. The smallest absolute Gasteiger partial charge is 0.253 e. The van der Waals surface area contributed by atoms with Crippen LogP contribution in [0.15, 0.2) is 49.1 Å². The van der Waals surface area contributed by atoms with Crippen molar-refractivity contribution < 1.29 is 9.53 Å². The Labute approximate surface area is 145 Å². The summed E-state index contributed by atoms with van der Waals surface area (Å²) in [7, 11) is 1.88. The zero-order valence-corrected chi connectivity index (χ0v) is 14.1. The van der Waals surface area contributed by atoms with Crippen LogP contribution in [0.3, 0.4) is 0 Å². The van der Waals surface area contributed by atoms with Crippen LogP contribution >= 0.6 is 0 Å². The lowest BCUT2D eigenvalue weighted by molar-refractivity contribution is 0.0950. The number of carbonyl (C=O) groups is 1. The molecule has 0 aliphatic rings. The van der Waals surface area contributed by atoms with Crippen LogP contribution in [0.25, 0.3) is 11.3 Å². The van der Waals surface area contributed by atoms with E-state index in [1.165, 1.54) is 6.20 Å². The summed E-state index contributed by atoms with van der Waals surface area (Å²) in [6.45, 7) is 2.80. The van der Waals surface area contributed by atoms with E-state index in [2.05, 4.69) is 20.4 Å². The molecule has 3 rings (SSSR count).